The van der Waals surface area contributed by atoms with Crippen molar-refractivity contribution in [1.82, 2.24) is 20.6 Å². The molecule has 1 heterocycles. The Bertz CT molecular complexity index is 550. The number of hydrogen-bond donors (Lipinski definition) is 4. The smallest absolute Gasteiger partial charge is 0.204 e. The topological polar surface area (TPSA) is 115 Å². The molecule has 0 amide bonds. The Morgan fingerprint density at radius 1 is 1.22 bits per heavy atom. The fourth-order valence-electron chi connectivity index (χ4n) is 2.66. The van der Waals surface area contributed by atoms with Gasteiger partial charge in [-0.05, 0) is 26.3 Å². The summed E-state index contributed by atoms with van der Waals surface area (Å²) < 4.78 is 0. The van der Waals surface area contributed by atoms with Crippen LogP contribution < -0.4 is 16.4 Å². The Hall–Kier alpha value is -1.72. The number of unbranched alkanes of at least 4 members (excludes halogenated alkanes) is 7. The molecule has 0 radical (unpaired) electrons. The molecule has 0 saturated heterocycles. The molecule has 5 N–H and O–H groups in total. The molecular formula is C19H35N7S. The van der Waals surface area contributed by atoms with E-state index in [0.717, 1.165) is 48.8 Å². The molecule has 0 saturated carbocycles. The summed E-state index contributed by atoms with van der Waals surface area (Å²) in [7, 11) is 0. The predicted molar refractivity (Wildman–Crippen MR) is 115 cm³/mol. The second kappa shape index (κ2) is 16.5. The third-order valence-electron chi connectivity index (χ3n) is 4.28. The van der Waals surface area contributed by atoms with Crippen LogP contribution >= 0.6 is 11.8 Å². The van der Waals surface area contributed by atoms with E-state index in [1.807, 2.05) is 13.1 Å². The van der Waals surface area contributed by atoms with Crippen molar-refractivity contribution in [3.05, 3.63) is 17.7 Å². The lowest BCUT2D eigenvalue weighted by Crippen LogP contribution is -2.35. The minimum atomic E-state index is 0.581. The number of nitrogens with zero attached hydrogens (tertiary/aromatic N) is 3. The van der Waals surface area contributed by atoms with Gasteiger partial charge in [-0.15, -0.1) is 0 Å². The molecular weight excluding hydrogens is 358 g/mol. The van der Waals surface area contributed by atoms with E-state index in [9.17, 15) is 0 Å². The molecule has 8 heteroatoms. The molecule has 1 aromatic heterocycles. The maximum Gasteiger partial charge on any atom is 0.204 e. The van der Waals surface area contributed by atoms with Gasteiger partial charge in [0, 0.05) is 23.7 Å². The lowest BCUT2D eigenvalue weighted by Gasteiger charge is -2.08. The molecule has 1 rings (SSSR count). The third kappa shape index (κ3) is 12.3. The van der Waals surface area contributed by atoms with E-state index in [-0.39, 0.29) is 0 Å². The summed E-state index contributed by atoms with van der Waals surface area (Å²) in [5, 5.41) is 14.7. The number of H-pyrrole nitrogens is 1. The average molecular weight is 394 g/mol. The van der Waals surface area contributed by atoms with Crippen molar-refractivity contribution >= 4 is 17.7 Å². The number of aliphatic imine (C=N–C) groups is 1. The fraction of sp³-hybridized carbons (Fsp3) is 0.737. The summed E-state index contributed by atoms with van der Waals surface area (Å²) >= 11 is 1.81. The number of nitrogens with one attached hydrogen (secondary N) is 3. The minimum Gasteiger partial charge on any atom is -0.356 e. The standard InChI is InChI=1S/C19H35N7S/c1-17-18(26-16-25-17)14-27-13-12-23-19(24-15-21)22-11-9-7-5-3-2-4-6-8-10-20/h16H,2-14,20H2,1H3,(H,25,26)(H2,22,23,24). The first-order chi connectivity index (χ1) is 13.3. The molecule has 0 aromatic carbocycles. The molecule has 0 atom stereocenters. The van der Waals surface area contributed by atoms with Gasteiger partial charge in [-0.1, -0.05) is 38.5 Å². The Kier molecular flexibility index (Phi) is 14.2. The van der Waals surface area contributed by atoms with E-state index in [2.05, 4.69) is 25.6 Å². The van der Waals surface area contributed by atoms with Crippen LogP contribution in [0.4, 0.5) is 0 Å². The number of guanidine groups is 1. The van der Waals surface area contributed by atoms with Crippen molar-refractivity contribution in [3.63, 3.8) is 0 Å². The number of nitriles is 1. The van der Waals surface area contributed by atoms with Gasteiger partial charge in [0.05, 0.1) is 18.6 Å². The summed E-state index contributed by atoms with van der Waals surface area (Å²) in [6.07, 6.45) is 13.6. The van der Waals surface area contributed by atoms with Gasteiger partial charge in [-0.3, -0.25) is 10.3 Å². The Balaban J connectivity index is 2.04. The van der Waals surface area contributed by atoms with E-state index >= 15 is 0 Å². The number of imidazole rings is 1. The van der Waals surface area contributed by atoms with Crippen molar-refractivity contribution in [2.45, 2.75) is 64.0 Å². The molecule has 0 spiro atoms. The van der Waals surface area contributed by atoms with Gasteiger partial charge in [-0.2, -0.15) is 17.0 Å². The molecule has 0 bridgehead atoms. The van der Waals surface area contributed by atoms with Crippen molar-refractivity contribution in [3.8, 4) is 6.19 Å². The average Bonchev–Trinajstić information content (AvgIpc) is 3.07. The number of aromatic nitrogens is 2. The lowest BCUT2D eigenvalue weighted by molar-refractivity contribution is 0.567. The molecule has 1 aromatic rings. The van der Waals surface area contributed by atoms with E-state index in [1.54, 1.807) is 18.1 Å². The van der Waals surface area contributed by atoms with Crippen molar-refractivity contribution in [1.29, 1.82) is 5.26 Å². The predicted octanol–water partition coefficient (Wildman–Crippen LogP) is 3.05. The highest BCUT2D eigenvalue weighted by atomic mass is 32.2. The third-order valence-corrected chi connectivity index (χ3v) is 5.25. The van der Waals surface area contributed by atoms with E-state index in [1.165, 1.54) is 38.5 Å². The van der Waals surface area contributed by atoms with Crippen LogP contribution in [0.15, 0.2) is 11.3 Å². The molecule has 27 heavy (non-hydrogen) atoms. The van der Waals surface area contributed by atoms with Gasteiger partial charge in [0.25, 0.3) is 0 Å². The Labute approximate surface area is 168 Å². The Morgan fingerprint density at radius 2 is 1.93 bits per heavy atom. The first-order valence-electron chi connectivity index (χ1n) is 9.98. The van der Waals surface area contributed by atoms with Crippen molar-refractivity contribution in [2.75, 3.05) is 25.4 Å². The number of aromatic amines is 1. The number of thioether (sulfide) groups is 1. The Morgan fingerprint density at radius 3 is 2.56 bits per heavy atom. The van der Waals surface area contributed by atoms with Gasteiger partial charge in [0.2, 0.25) is 5.96 Å². The van der Waals surface area contributed by atoms with Gasteiger partial charge in [-0.25, -0.2) is 4.98 Å². The van der Waals surface area contributed by atoms with Crippen LogP contribution in [0.3, 0.4) is 0 Å². The first kappa shape index (κ1) is 23.3. The van der Waals surface area contributed by atoms with Crippen LogP contribution in [-0.4, -0.2) is 41.3 Å². The van der Waals surface area contributed by atoms with E-state index in [0.29, 0.717) is 12.5 Å². The van der Waals surface area contributed by atoms with Gasteiger partial charge in [0.1, 0.15) is 0 Å². The number of hydrogen-bond acceptors (Lipinski definition) is 5. The SMILES string of the molecule is Cc1nc[nH]c1CSCC/N=C(\NC#N)NCCCCCCCCCCN. The first-order valence-corrected chi connectivity index (χ1v) is 11.1. The van der Waals surface area contributed by atoms with Crippen LogP contribution in [-0.2, 0) is 5.75 Å². The number of aryl methyl sites for hydroxylation is 1. The zero-order valence-corrected chi connectivity index (χ0v) is 17.4. The van der Waals surface area contributed by atoms with Crippen LogP contribution in [0.5, 0.6) is 0 Å². The van der Waals surface area contributed by atoms with Crippen LogP contribution in [0.25, 0.3) is 0 Å². The maximum absolute atomic E-state index is 8.85. The lowest BCUT2D eigenvalue weighted by atomic mass is 10.1. The fourth-order valence-corrected chi connectivity index (χ4v) is 3.52. The second-order valence-electron chi connectivity index (χ2n) is 6.53. The zero-order chi connectivity index (χ0) is 19.6. The molecule has 0 unspecified atom stereocenters. The van der Waals surface area contributed by atoms with Crippen molar-refractivity contribution < 1.29 is 0 Å². The highest BCUT2D eigenvalue weighted by molar-refractivity contribution is 7.98. The van der Waals surface area contributed by atoms with E-state index in [4.69, 9.17) is 11.0 Å². The number of rotatable bonds is 15. The minimum absolute atomic E-state index is 0.581. The second-order valence-corrected chi connectivity index (χ2v) is 7.64. The zero-order valence-electron chi connectivity index (χ0n) is 16.6. The molecule has 0 fully saturated rings. The van der Waals surface area contributed by atoms with Crippen molar-refractivity contribution in [2.24, 2.45) is 10.7 Å². The molecule has 0 aliphatic heterocycles. The molecule has 152 valence electrons. The molecule has 0 aliphatic rings. The summed E-state index contributed by atoms with van der Waals surface area (Å²) in [5.41, 5.74) is 7.71. The highest BCUT2D eigenvalue weighted by Gasteiger charge is 2.01. The monoisotopic (exact) mass is 393 g/mol. The van der Waals surface area contributed by atoms with Gasteiger partial charge in [0.15, 0.2) is 6.19 Å². The van der Waals surface area contributed by atoms with Crippen LogP contribution in [0.1, 0.15) is 62.8 Å². The summed E-state index contributed by atoms with van der Waals surface area (Å²) in [6, 6.07) is 0. The summed E-state index contributed by atoms with van der Waals surface area (Å²) in [6.45, 7) is 4.35. The highest BCUT2D eigenvalue weighted by Crippen LogP contribution is 2.12. The molecule has 7 nitrogen and oxygen atoms in total. The normalized spacial score (nSPS) is 11.4. The summed E-state index contributed by atoms with van der Waals surface area (Å²) in [4.78, 5) is 11.8. The van der Waals surface area contributed by atoms with Crippen LogP contribution in [0, 0.1) is 18.4 Å². The van der Waals surface area contributed by atoms with Gasteiger partial charge < -0.3 is 16.0 Å². The maximum atomic E-state index is 8.85. The van der Waals surface area contributed by atoms with Crippen LogP contribution in [0.2, 0.25) is 0 Å². The largest absolute Gasteiger partial charge is 0.356 e. The quantitative estimate of drug-likeness (QED) is 0.120. The molecule has 0 aliphatic carbocycles. The number of nitrogens with two attached hydrogens (primary N) is 1. The van der Waals surface area contributed by atoms with Gasteiger partial charge >= 0.3 is 0 Å². The van der Waals surface area contributed by atoms with E-state index < -0.39 is 0 Å². The summed E-state index contributed by atoms with van der Waals surface area (Å²) in [5.74, 6) is 2.39.